The molecule has 1 aromatic carbocycles. The summed E-state index contributed by atoms with van der Waals surface area (Å²) in [6, 6.07) is 8.48. The van der Waals surface area contributed by atoms with Gasteiger partial charge in [0.25, 0.3) is 0 Å². The molecule has 0 saturated carbocycles. The minimum absolute atomic E-state index is 0. The van der Waals surface area contributed by atoms with Crippen molar-refractivity contribution in [1.82, 2.24) is 0 Å². The number of fused-ring (bicyclic) bond motifs is 1. The van der Waals surface area contributed by atoms with E-state index in [9.17, 15) is 13.2 Å². The van der Waals surface area contributed by atoms with E-state index in [1.54, 1.807) is 30.3 Å². The minimum Gasteiger partial charge on any atom is -1.00 e. The normalized spacial score (nSPS) is 13.6. The SMILES string of the molecule is CC(C)(C)c1cc2ccccc2[s+]1C(F)(F)F.[I-]. The molecule has 0 aliphatic rings. The zero-order valence-corrected chi connectivity index (χ0v) is 13.3. The minimum atomic E-state index is -4.19. The Balaban J connectivity index is 0.00000162. The highest BCUT2D eigenvalue weighted by molar-refractivity contribution is 7.38. The fraction of sp³-hybridized carbons (Fsp3) is 0.385. The Morgan fingerprint density at radius 2 is 1.56 bits per heavy atom. The molecule has 0 aliphatic carbocycles. The number of halogens is 4. The highest BCUT2D eigenvalue weighted by atomic mass is 127. The van der Waals surface area contributed by atoms with Crippen LogP contribution in [0.15, 0.2) is 30.3 Å². The summed E-state index contributed by atoms with van der Waals surface area (Å²) in [5.41, 5.74) is -4.65. The van der Waals surface area contributed by atoms with Crippen molar-refractivity contribution in [3.63, 3.8) is 0 Å². The first-order valence-electron chi connectivity index (χ1n) is 5.33. The standard InChI is InChI=1S/C13H14F3S.HI/c1-12(2,3)11-8-9-6-4-5-7-10(9)17(11)13(14,15)16;/h4-8H,1-3H3;1H/q+1;/p-1. The number of hydrogen-bond donors (Lipinski definition) is 0. The first kappa shape index (κ1) is 15.8. The molecule has 0 bridgehead atoms. The molecule has 0 fully saturated rings. The summed E-state index contributed by atoms with van der Waals surface area (Å²) in [4.78, 5) is 0.478. The molecule has 0 amide bonds. The Bertz CT molecular complexity index is 549. The van der Waals surface area contributed by atoms with Crippen molar-refractivity contribution in [3.8, 4) is 0 Å². The summed E-state index contributed by atoms with van der Waals surface area (Å²) in [6.07, 6.45) is 0. The maximum absolute atomic E-state index is 13.2. The smallest absolute Gasteiger partial charge is 0.600 e. The fourth-order valence-corrected chi connectivity index (χ4v) is 4.05. The lowest BCUT2D eigenvalue weighted by Crippen LogP contribution is -3.00. The number of benzene rings is 1. The van der Waals surface area contributed by atoms with Crippen LogP contribution in [0.5, 0.6) is 0 Å². The highest BCUT2D eigenvalue weighted by Gasteiger charge is 2.50. The number of hydrogen-bond acceptors (Lipinski definition) is 0. The first-order valence-corrected chi connectivity index (χ1v) is 6.56. The molecule has 0 radical (unpaired) electrons. The fourth-order valence-electron chi connectivity index (χ4n) is 1.88. The topological polar surface area (TPSA) is 0 Å². The maximum atomic E-state index is 13.2. The average Bonchev–Trinajstić information content (AvgIpc) is 2.54. The molecule has 100 valence electrons. The molecule has 2 aromatic rings. The molecular formula is C13H14F3IS. The van der Waals surface area contributed by atoms with E-state index in [1.165, 1.54) is 0 Å². The number of alkyl halides is 3. The third-order valence-electron chi connectivity index (χ3n) is 2.62. The van der Waals surface area contributed by atoms with Gasteiger partial charge in [-0.2, -0.15) is 0 Å². The molecule has 18 heavy (non-hydrogen) atoms. The summed E-state index contributed by atoms with van der Waals surface area (Å²) in [5.74, 6) is 0. The lowest BCUT2D eigenvalue weighted by Gasteiger charge is -2.13. The highest BCUT2D eigenvalue weighted by Crippen LogP contribution is 2.53. The second kappa shape index (κ2) is 5.00. The molecule has 0 saturated heterocycles. The van der Waals surface area contributed by atoms with Gasteiger partial charge < -0.3 is 24.0 Å². The van der Waals surface area contributed by atoms with Crippen LogP contribution >= 0.6 is 10.5 Å². The molecule has 1 aromatic heterocycles. The third kappa shape index (κ3) is 2.82. The second-order valence-corrected chi connectivity index (χ2v) is 7.00. The molecule has 0 spiro atoms. The monoisotopic (exact) mass is 386 g/mol. The third-order valence-corrected chi connectivity index (χ3v) is 5.06. The van der Waals surface area contributed by atoms with Crippen molar-refractivity contribution in [2.75, 3.05) is 0 Å². The molecule has 1 unspecified atom stereocenters. The zero-order chi connectivity index (χ0) is 12.8. The Hall–Kier alpha value is -0.300. The lowest BCUT2D eigenvalue weighted by atomic mass is 9.94. The van der Waals surface area contributed by atoms with Gasteiger partial charge in [0, 0.05) is 16.9 Å². The molecule has 0 nitrogen and oxygen atoms in total. The Morgan fingerprint density at radius 3 is 2.06 bits per heavy atom. The van der Waals surface area contributed by atoms with E-state index in [0.717, 1.165) is 0 Å². The van der Waals surface area contributed by atoms with Crippen molar-refractivity contribution in [1.29, 1.82) is 0 Å². The van der Waals surface area contributed by atoms with Crippen molar-refractivity contribution in [2.24, 2.45) is 0 Å². The quantitative estimate of drug-likeness (QED) is 0.482. The van der Waals surface area contributed by atoms with Gasteiger partial charge in [0.05, 0.1) is 10.5 Å². The molecule has 5 heteroatoms. The molecule has 2 rings (SSSR count). The van der Waals surface area contributed by atoms with Crippen LogP contribution in [0, 0.1) is 0 Å². The van der Waals surface area contributed by atoms with Gasteiger partial charge in [-0.25, -0.2) is 0 Å². The molecule has 0 aliphatic heterocycles. The van der Waals surface area contributed by atoms with Gasteiger partial charge in [-0.3, -0.25) is 0 Å². The Kier molecular flexibility index (Phi) is 4.37. The van der Waals surface area contributed by atoms with E-state index in [2.05, 4.69) is 0 Å². The summed E-state index contributed by atoms with van der Waals surface area (Å²) in [6.45, 7) is 5.49. The lowest BCUT2D eigenvalue weighted by molar-refractivity contribution is -0.0869. The van der Waals surface area contributed by atoms with Crippen LogP contribution in [-0.4, -0.2) is 0 Å². The van der Waals surface area contributed by atoms with Gasteiger partial charge in [0.2, 0.25) is 0 Å². The molecular weight excluding hydrogens is 372 g/mol. The Labute approximate surface area is 124 Å². The van der Waals surface area contributed by atoms with Gasteiger partial charge in [-0.1, -0.05) is 32.9 Å². The van der Waals surface area contributed by atoms with E-state index >= 15 is 0 Å². The first-order chi connectivity index (χ1) is 7.71. The van der Waals surface area contributed by atoms with Crippen LogP contribution in [0.25, 0.3) is 10.1 Å². The van der Waals surface area contributed by atoms with Crippen LogP contribution in [0.2, 0.25) is 0 Å². The largest absolute Gasteiger partial charge is 1.00 e. The Morgan fingerprint density at radius 1 is 1.00 bits per heavy atom. The molecule has 1 atom stereocenters. The van der Waals surface area contributed by atoms with Gasteiger partial charge in [0.1, 0.15) is 0 Å². The summed E-state index contributed by atoms with van der Waals surface area (Å²) < 4.78 is 40.0. The van der Waals surface area contributed by atoms with Crippen LogP contribution in [-0.2, 0) is 10.9 Å². The van der Waals surface area contributed by atoms with Crippen LogP contribution in [0.4, 0.5) is 13.2 Å². The van der Waals surface area contributed by atoms with E-state index in [4.69, 9.17) is 0 Å². The zero-order valence-electron chi connectivity index (χ0n) is 10.3. The molecule has 1 heterocycles. The van der Waals surface area contributed by atoms with E-state index in [1.807, 2.05) is 20.8 Å². The number of rotatable bonds is 0. The predicted octanol–water partition coefficient (Wildman–Crippen LogP) is 2.37. The van der Waals surface area contributed by atoms with Crippen molar-refractivity contribution in [2.45, 2.75) is 31.7 Å². The summed E-state index contributed by atoms with van der Waals surface area (Å²) in [7, 11) is -1.77. The van der Waals surface area contributed by atoms with Gasteiger partial charge in [0.15, 0.2) is 9.58 Å². The second-order valence-electron chi connectivity index (χ2n) is 5.05. The maximum Gasteiger partial charge on any atom is 0.600 e. The van der Waals surface area contributed by atoms with Crippen LogP contribution in [0.1, 0.15) is 25.6 Å². The van der Waals surface area contributed by atoms with E-state index in [0.29, 0.717) is 15.0 Å². The van der Waals surface area contributed by atoms with Crippen molar-refractivity contribution < 1.29 is 37.1 Å². The number of thiophene rings is 1. The van der Waals surface area contributed by atoms with Crippen molar-refractivity contribution in [3.05, 3.63) is 35.2 Å². The summed E-state index contributed by atoms with van der Waals surface area (Å²) >= 11 is 0. The van der Waals surface area contributed by atoms with Gasteiger partial charge >= 0.3 is 5.51 Å². The van der Waals surface area contributed by atoms with E-state index in [-0.39, 0.29) is 24.0 Å². The van der Waals surface area contributed by atoms with Gasteiger partial charge in [-0.15, -0.1) is 13.2 Å². The molecule has 0 N–H and O–H groups in total. The summed E-state index contributed by atoms with van der Waals surface area (Å²) in [5, 5.41) is 0.707. The van der Waals surface area contributed by atoms with Crippen molar-refractivity contribution >= 4 is 20.6 Å². The predicted molar refractivity (Wildman–Crippen MR) is 66.4 cm³/mol. The van der Waals surface area contributed by atoms with Crippen LogP contribution in [0.3, 0.4) is 0 Å². The van der Waals surface area contributed by atoms with E-state index < -0.39 is 21.4 Å². The van der Waals surface area contributed by atoms with Gasteiger partial charge in [-0.05, 0) is 12.1 Å². The average molecular weight is 386 g/mol. The van der Waals surface area contributed by atoms with Crippen LogP contribution < -0.4 is 24.0 Å².